The standard InChI is InChI=1S/C8H18O8Si/c1-9-14-7(15-10-2)8(17,16-11-3)13-5-6-4-12-6/h6-7H,4-5H2,1-3,17H3. The molecular formula is C8H18O8Si. The van der Waals surface area contributed by atoms with Gasteiger partial charge in [0, 0.05) is 0 Å². The van der Waals surface area contributed by atoms with Crippen molar-refractivity contribution in [3.63, 3.8) is 0 Å². The summed E-state index contributed by atoms with van der Waals surface area (Å²) in [7, 11) is 4.43. The van der Waals surface area contributed by atoms with Crippen LogP contribution in [0.4, 0.5) is 0 Å². The van der Waals surface area contributed by atoms with E-state index in [9.17, 15) is 0 Å². The van der Waals surface area contributed by atoms with Gasteiger partial charge in [-0.3, -0.25) is 0 Å². The molecule has 1 aliphatic heterocycles. The monoisotopic (exact) mass is 270 g/mol. The van der Waals surface area contributed by atoms with Crippen molar-refractivity contribution >= 4 is 10.2 Å². The van der Waals surface area contributed by atoms with Gasteiger partial charge in [-0.2, -0.15) is 9.78 Å². The average molecular weight is 270 g/mol. The number of ether oxygens (including phenoxy) is 2. The molecule has 0 aliphatic carbocycles. The molecule has 0 aromatic rings. The zero-order valence-corrected chi connectivity index (χ0v) is 12.3. The molecule has 0 saturated carbocycles. The molecule has 0 radical (unpaired) electrons. The summed E-state index contributed by atoms with van der Waals surface area (Å²) in [6.45, 7) is 1.02. The minimum Gasteiger partial charge on any atom is -0.371 e. The molecule has 0 spiro atoms. The van der Waals surface area contributed by atoms with Crippen molar-refractivity contribution in [2.75, 3.05) is 34.5 Å². The molecule has 102 valence electrons. The van der Waals surface area contributed by atoms with Crippen molar-refractivity contribution in [3.8, 4) is 0 Å². The molecule has 0 bridgehead atoms. The van der Waals surface area contributed by atoms with Crippen LogP contribution in [-0.2, 0) is 38.8 Å². The lowest BCUT2D eigenvalue weighted by atomic mass is 10.5. The van der Waals surface area contributed by atoms with Crippen molar-refractivity contribution in [2.45, 2.75) is 17.8 Å². The van der Waals surface area contributed by atoms with Crippen LogP contribution in [0.25, 0.3) is 0 Å². The summed E-state index contributed by atoms with van der Waals surface area (Å²) in [4.78, 5) is 28.5. The van der Waals surface area contributed by atoms with E-state index in [1.807, 2.05) is 0 Å². The summed E-state index contributed by atoms with van der Waals surface area (Å²) < 4.78 is 10.6. The minimum atomic E-state index is -1.22. The van der Waals surface area contributed by atoms with Gasteiger partial charge in [-0.25, -0.2) is 19.6 Å². The van der Waals surface area contributed by atoms with Crippen LogP contribution in [-0.4, -0.2) is 62.6 Å². The lowest BCUT2D eigenvalue weighted by molar-refractivity contribution is -0.525. The smallest absolute Gasteiger partial charge is 0.275 e. The molecule has 0 amide bonds. The van der Waals surface area contributed by atoms with Crippen molar-refractivity contribution in [1.29, 1.82) is 0 Å². The first kappa shape index (κ1) is 15.0. The van der Waals surface area contributed by atoms with E-state index < -0.39 is 11.7 Å². The first-order valence-corrected chi connectivity index (χ1v) is 6.02. The molecule has 17 heavy (non-hydrogen) atoms. The van der Waals surface area contributed by atoms with Crippen LogP contribution < -0.4 is 0 Å². The van der Waals surface area contributed by atoms with E-state index in [2.05, 4.69) is 14.7 Å². The average Bonchev–Trinajstić information content (AvgIpc) is 3.10. The second kappa shape index (κ2) is 7.36. The van der Waals surface area contributed by atoms with Crippen LogP contribution in [0.3, 0.4) is 0 Å². The lowest BCUT2D eigenvalue weighted by Crippen LogP contribution is -2.51. The second-order valence-electron chi connectivity index (χ2n) is 3.39. The summed E-state index contributed by atoms with van der Waals surface area (Å²) >= 11 is 0. The highest BCUT2D eigenvalue weighted by atomic mass is 28.1. The van der Waals surface area contributed by atoms with Gasteiger partial charge in [-0.1, -0.05) is 0 Å². The van der Waals surface area contributed by atoms with E-state index >= 15 is 0 Å². The molecule has 8 nitrogen and oxygen atoms in total. The Hall–Kier alpha value is -0.103. The van der Waals surface area contributed by atoms with Crippen molar-refractivity contribution in [3.05, 3.63) is 0 Å². The Morgan fingerprint density at radius 3 is 2.24 bits per heavy atom. The lowest BCUT2D eigenvalue weighted by Gasteiger charge is -2.32. The molecule has 1 saturated heterocycles. The first-order chi connectivity index (χ1) is 8.16. The summed E-state index contributed by atoms with van der Waals surface area (Å²) in [5, 5.41) is 0. The van der Waals surface area contributed by atoms with Crippen LogP contribution in [0.5, 0.6) is 0 Å². The minimum absolute atomic E-state index is 0.0783. The van der Waals surface area contributed by atoms with Crippen LogP contribution in [0.15, 0.2) is 0 Å². The molecular weight excluding hydrogens is 252 g/mol. The molecule has 9 heteroatoms. The summed E-state index contributed by atoms with van der Waals surface area (Å²) in [6.07, 6.45) is -0.947. The van der Waals surface area contributed by atoms with Gasteiger partial charge in [0.1, 0.15) is 6.10 Å². The van der Waals surface area contributed by atoms with Crippen molar-refractivity contribution in [2.24, 2.45) is 0 Å². The van der Waals surface area contributed by atoms with Gasteiger partial charge in [-0.15, -0.1) is 0 Å². The first-order valence-electron chi connectivity index (χ1n) is 5.02. The highest BCUT2D eigenvalue weighted by Crippen LogP contribution is 2.22. The van der Waals surface area contributed by atoms with Gasteiger partial charge in [0.2, 0.25) is 5.41 Å². The van der Waals surface area contributed by atoms with E-state index in [1.165, 1.54) is 21.3 Å². The number of rotatable bonds is 10. The highest BCUT2D eigenvalue weighted by Gasteiger charge is 2.43. The largest absolute Gasteiger partial charge is 0.371 e. The molecule has 1 heterocycles. The Balaban J connectivity index is 2.54. The predicted molar refractivity (Wildman–Crippen MR) is 56.4 cm³/mol. The van der Waals surface area contributed by atoms with Crippen LogP contribution >= 0.6 is 0 Å². The molecule has 1 rings (SSSR count). The highest BCUT2D eigenvalue weighted by molar-refractivity contribution is 6.13. The van der Waals surface area contributed by atoms with Crippen molar-refractivity contribution in [1.82, 2.24) is 0 Å². The Morgan fingerprint density at radius 2 is 1.82 bits per heavy atom. The molecule has 2 atom stereocenters. The zero-order valence-electron chi connectivity index (χ0n) is 10.3. The summed E-state index contributed by atoms with van der Waals surface area (Å²) in [5.41, 5.74) is -1.22. The summed E-state index contributed by atoms with van der Waals surface area (Å²) in [5.74, 6) is 0. The molecule has 2 unspecified atom stereocenters. The third-order valence-electron chi connectivity index (χ3n) is 2.00. The summed E-state index contributed by atoms with van der Waals surface area (Å²) in [6, 6.07) is 0. The fraction of sp³-hybridized carbons (Fsp3) is 1.00. The van der Waals surface area contributed by atoms with Gasteiger partial charge in [0.25, 0.3) is 6.29 Å². The predicted octanol–water partition coefficient (Wildman–Crippen LogP) is -1.52. The van der Waals surface area contributed by atoms with E-state index in [-0.39, 0.29) is 6.10 Å². The molecule has 0 N–H and O–H groups in total. The fourth-order valence-electron chi connectivity index (χ4n) is 1.09. The Morgan fingerprint density at radius 1 is 1.24 bits per heavy atom. The second-order valence-corrected chi connectivity index (χ2v) is 4.78. The van der Waals surface area contributed by atoms with Crippen LogP contribution in [0.2, 0.25) is 0 Å². The zero-order chi connectivity index (χ0) is 12.7. The van der Waals surface area contributed by atoms with E-state index in [0.717, 1.165) is 0 Å². The fourth-order valence-corrected chi connectivity index (χ4v) is 1.61. The Labute approximate surface area is 102 Å². The van der Waals surface area contributed by atoms with Crippen molar-refractivity contribution < 1.29 is 38.8 Å². The third kappa shape index (κ3) is 4.95. The Kier molecular flexibility index (Phi) is 6.47. The van der Waals surface area contributed by atoms with Gasteiger partial charge < -0.3 is 9.47 Å². The molecule has 1 aliphatic rings. The van der Waals surface area contributed by atoms with E-state index in [0.29, 0.717) is 23.5 Å². The normalized spacial score (nSPS) is 22.9. The third-order valence-corrected chi connectivity index (χ3v) is 2.93. The Bertz CT molecular complexity index is 208. The van der Waals surface area contributed by atoms with Crippen LogP contribution in [0.1, 0.15) is 0 Å². The van der Waals surface area contributed by atoms with Gasteiger partial charge in [0.05, 0.1) is 44.8 Å². The topological polar surface area (TPSA) is 77.1 Å². The quantitative estimate of drug-likeness (QED) is 0.156. The molecule has 0 aromatic carbocycles. The van der Waals surface area contributed by atoms with Gasteiger partial charge >= 0.3 is 0 Å². The van der Waals surface area contributed by atoms with Gasteiger partial charge in [0.15, 0.2) is 0 Å². The number of epoxide rings is 1. The number of hydrogen-bond acceptors (Lipinski definition) is 8. The molecule has 1 fully saturated rings. The maximum absolute atomic E-state index is 5.54. The maximum Gasteiger partial charge on any atom is 0.275 e. The van der Waals surface area contributed by atoms with Crippen LogP contribution in [0, 0.1) is 0 Å². The van der Waals surface area contributed by atoms with Gasteiger partial charge in [-0.05, 0) is 0 Å². The van der Waals surface area contributed by atoms with E-state index in [4.69, 9.17) is 24.1 Å². The maximum atomic E-state index is 5.54. The molecule has 0 aromatic heterocycles. The number of hydrogen-bond donors (Lipinski definition) is 0. The van der Waals surface area contributed by atoms with E-state index in [1.54, 1.807) is 0 Å². The SMILES string of the molecule is COOC(OOC)C([SiH3])(OCC1CO1)OOC.